The molecule has 2 aromatic rings. The predicted octanol–water partition coefficient (Wildman–Crippen LogP) is 3.27. The van der Waals surface area contributed by atoms with Crippen molar-refractivity contribution >= 4 is 17.9 Å². The number of ether oxygens (including phenoxy) is 2. The first kappa shape index (κ1) is 24.9. The highest BCUT2D eigenvalue weighted by atomic mass is 16.5. The number of morpholine rings is 1. The van der Waals surface area contributed by atoms with Gasteiger partial charge in [0, 0.05) is 32.7 Å². The van der Waals surface area contributed by atoms with Crippen LogP contribution in [-0.4, -0.2) is 78.6 Å². The second kappa shape index (κ2) is 13.1. The minimum absolute atomic E-state index is 0.332. The lowest BCUT2D eigenvalue weighted by Gasteiger charge is -2.26. The molecule has 0 bridgehead atoms. The molecule has 0 unspecified atom stereocenters. The van der Waals surface area contributed by atoms with E-state index in [2.05, 4.69) is 75.1 Å². The third kappa shape index (κ3) is 7.94. The largest absolute Gasteiger partial charge is 0.462 e. The molecule has 0 saturated carbocycles. The molecule has 1 saturated heterocycles. The van der Waals surface area contributed by atoms with Crippen LogP contribution in [0.1, 0.15) is 43.6 Å². The highest BCUT2D eigenvalue weighted by Crippen LogP contribution is 2.15. The van der Waals surface area contributed by atoms with E-state index in [-0.39, 0.29) is 0 Å². The van der Waals surface area contributed by atoms with E-state index in [0.717, 1.165) is 64.5 Å². The number of benzene rings is 1. The maximum Gasteiger partial charge on any atom is 0.321 e. The molecule has 0 radical (unpaired) electrons. The molecule has 0 aliphatic carbocycles. The Kier molecular flexibility index (Phi) is 9.83. The summed E-state index contributed by atoms with van der Waals surface area (Å²) in [4.78, 5) is 18.2. The first-order chi connectivity index (χ1) is 16.1. The fourth-order valence-corrected chi connectivity index (χ4v) is 3.54. The van der Waals surface area contributed by atoms with E-state index in [9.17, 15) is 0 Å². The Bertz CT molecular complexity index is 894. The second-order valence-corrected chi connectivity index (χ2v) is 8.23. The van der Waals surface area contributed by atoms with Crippen molar-refractivity contribution in [1.29, 1.82) is 0 Å². The Labute approximate surface area is 197 Å². The van der Waals surface area contributed by atoms with Crippen LogP contribution in [0.5, 0.6) is 6.01 Å². The van der Waals surface area contributed by atoms with Crippen LogP contribution >= 0.6 is 0 Å². The zero-order valence-electron chi connectivity index (χ0n) is 20.4. The van der Waals surface area contributed by atoms with Crippen molar-refractivity contribution in [3.63, 3.8) is 0 Å². The second-order valence-electron chi connectivity index (χ2n) is 8.23. The lowest BCUT2D eigenvalue weighted by molar-refractivity contribution is 0.0317. The molecule has 0 atom stereocenters. The zero-order valence-corrected chi connectivity index (χ0v) is 20.4. The topological polar surface area (TPSA) is 88.0 Å². The average molecular weight is 456 g/mol. The van der Waals surface area contributed by atoms with Gasteiger partial charge < -0.3 is 14.4 Å². The molecule has 1 aromatic carbocycles. The van der Waals surface area contributed by atoms with Gasteiger partial charge in [-0.25, -0.2) is 0 Å². The fourth-order valence-electron chi connectivity index (χ4n) is 3.54. The molecule has 1 aliphatic heterocycles. The molecule has 9 nitrogen and oxygen atoms in total. The van der Waals surface area contributed by atoms with Crippen molar-refractivity contribution in [3.8, 4) is 6.01 Å². The lowest BCUT2D eigenvalue weighted by atomic mass is 10.1. The molecule has 0 spiro atoms. The van der Waals surface area contributed by atoms with Crippen LogP contribution in [0.15, 0.2) is 23.3 Å². The van der Waals surface area contributed by atoms with Gasteiger partial charge in [0.05, 0.1) is 25.1 Å². The van der Waals surface area contributed by atoms with E-state index >= 15 is 0 Å². The van der Waals surface area contributed by atoms with Gasteiger partial charge >= 0.3 is 6.01 Å². The lowest BCUT2D eigenvalue weighted by Crippen LogP contribution is -2.38. The smallest absolute Gasteiger partial charge is 0.321 e. The van der Waals surface area contributed by atoms with Crippen LogP contribution in [0.2, 0.25) is 0 Å². The highest BCUT2D eigenvalue weighted by Gasteiger charge is 2.14. The van der Waals surface area contributed by atoms with Crippen LogP contribution < -0.4 is 15.1 Å². The summed E-state index contributed by atoms with van der Waals surface area (Å²) in [5, 5.41) is 4.35. The molecule has 180 valence electrons. The fraction of sp³-hybridized carbons (Fsp3) is 0.583. The van der Waals surface area contributed by atoms with Gasteiger partial charge in [0.15, 0.2) is 5.82 Å². The van der Waals surface area contributed by atoms with E-state index < -0.39 is 0 Å². The molecule has 33 heavy (non-hydrogen) atoms. The molecule has 0 amide bonds. The molecule has 1 fully saturated rings. The van der Waals surface area contributed by atoms with E-state index in [4.69, 9.17) is 9.47 Å². The van der Waals surface area contributed by atoms with Crippen LogP contribution in [0.3, 0.4) is 0 Å². The van der Waals surface area contributed by atoms with Gasteiger partial charge in [0.1, 0.15) is 6.61 Å². The van der Waals surface area contributed by atoms with Crippen molar-refractivity contribution in [1.82, 2.24) is 19.9 Å². The molecule has 1 N–H and O–H groups in total. The number of hydrazone groups is 1. The first-order valence-corrected chi connectivity index (χ1v) is 11.9. The Morgan fingerprint density at radius 1 is 1.09 bits per heavy atom. The minimum Gasteiger partial charge on any atom is -0.462 e. The predicted molar refractivity (Wildman–Crippen MR) is 133 cm³/mol. The molecular formula is C24H37N7O2. The number of rotatable bonds is 12. The van der Waals surface area contributed by atoms with Crippen molar-refractivity contribution < 1.29 is 9.47 Å². The van der Waals surface area contributed by atoms with Crippen LogP contribution in [-0.2, 0) is 4.74 Å². The number of aryl methyl sites for hydroxylation is 2. The third-order valence-electron chi connectivity index (χ3n) is 5.51. The number of nitrogens with one attached hydrogen (secondary N) is 1. The summed E-state index contributed by atoms with van der Waals surface area (Å²) in [6.45, 7) is 15.0. The van der Waals surface area contributed by atoms with Crippen LogP contribution in [0.25, 0.3) is 0 Å². The molecule has 1 aromatic heterocycles. The van der Waals surface area contributed by atoms with Gasteiger partial charge in [0.2, 0.25) is 5.95 Å². The van der Waals surface area contributed by atoms with E-state index in [1.165, 1.54) is 11.1 Å². The van der Waals surface area contributed by atoms with Gasteiger partial charge in [-0.05, 0) is 49.9 Å². The van der Waals surface area contributed by atoms with Crippen molar-refractivity contribution in [3.05, 3.63) is 35.2 Å². The van der Waals surface area contributed by atoms with Crippen molar-refractivity contribution in [2.45, 2.75) is 40.5 Å². The van der Waals surface area contributed by atoms with Gasteiger partial charge in [0.25, 0.3) is 0 Å². The van der Waals surface area contributed by atoms with Crippen molar-refractivity contribution in [2.75, 3.05) is 62.9 Å². The summed E-state index contributed by atoms with van der Waals surface area (Å²) in [5.41, 5.74) is 6.44. The Morgan fingerprint density at radius 3 is 2.55 bits per heavy atom. The SMILES string of the molecule is CCCN(CCC)c1nc(/C=N/Nc2ccc(C)c(C)c2)nc(OCCN2CCOCC2)n1. The van der Waals surface area contributed by atoms with E-state index in [1.54, 1.807) is 6.21 Å². The molecular weight excluding hydrogens is 418 g/mol. The number of aromatic nitrogens is 3. The van der Waals surface area contributed by atoms with Crippen molar-refractivity contribution in [2.24, 2.45) is 5.10 Å². The van der Waals surface area contributed by atoms with E-state index in [0.29, 0.717) is 24.4 Å². The average Bonchev–Trinajstić information content (AvgIpc) is 2.82. The minimum atomic E-state index is 0.332. The summed E-state index contributed by atoms with van der Waals surface area (Å²) in [5.74, 6) is 1.10. The quantitative estimate of drug-likeness (QED) is 0.385. The highest BCUT2D eigenvalue weighted by molar-refractivity contribution is 5.75. The Balaban J connectivity index is 1.72. The monoisotopic (exact) mass is 455 g/mol. The third-order valence-corrected chi connectivity index (χ3v) is 5.51. The van der Waals surface area contributed by atoms with Gasteiger partial charge in [-0.3, -0.25) is 10.3 Å². The number of nitrogens with zero attached hydrogens (tertiary/aromatic N) is 6. The van der Waals surface area contributed by atoms with Gasteiger partial charge in [-0.15, -0.1) is 0 Å². The van der Waals surface area contributed by atoms with Gasteiger partial charge in [-0.2, -0.15) is 20.1 Å². The molecule has 1 aliphatic rings. The van der Waals surface area contributed by atoms with Gasteiger partial charge in [-0.1, -0.05) is 19.9 Å². The molecule has 2 heterocycles. The molecule has 9 heteroatoms. The summed E-state index contributed by atoms with van der Waals surface area (Å²) in [6.07, 6.45) is 3.64. The maximum atomic E-state index is 5.94. The Hall–Kier alpha value is -2.78. The van der Waals surface area contributed by atoms with Crippen LogP contribution in [0, 0.1) is 13.8 Å². The summed E-state index contributed by atoms with van der Waals surface area (Å²) in [7, 11) is 0. The molecule has 3 rings (SSSR count). The zero-order chi connectivity index (χ0) is 23.5. The van der Waals surface area contributed by atoms with Crippen LogP contribution in [0.4, 0.5) is 11.6 Å². The first-order valence-electron chi connectivity index (χ1n) is 11.9. The normalized spacial score (nSPS) is 14.5. The standard InChI is InChI=1S/C24H37N7O2/c1-5-9-31(10-6-2)23-26-22(18-25-29-21-8-7-19(3)20(4)17-21)27-24(28-23)33-16-13-30-11-14-32-15-12-30/h7-8,17-18,29H,5-6,9-16H2,1-4H3/b25-18+. The number of hydrogen-bond acceptors (Lipinski definition) is 9. The maximum absolute atomic E-state index is 5.94. The number of anilines is 2. The van der Waals surface area contributed by atoms with E-state index in [1.807, 2.05) is 6.07 Å². The number of hydrogen-bond donors (Lipinski definition) is 1. The summed E-state index contributed by atoms with van der Waals surface area (Å²) in [6, 6.07) is 6.47. The summed E-state index contributed by atoms with van der Waals surface area (Å²) < 4.78 is 11.3. The summed E-state index contributed by atoms with van der Waals surface area (Å²) >= 11 is 0. The Morgan fingerprint density at radius 2 is 1.85 bits per heavy atom.